The minimum Gasteiger partial charge on any atom is -0.395 e. The fraction of sp³-hybridized carbons (Fsp3) is 1.00. The van der Waals surface area contributed by atoms with Gasteiger partial charge < -0.3 is 14.9 Å². The van der Waals surface area contributed by atoms with Crippen molar-refractivity contribution in [1.82, 2.24) is 4.90 Å². The monoisotopic (exact) mass is 217 g/mol. The Balaban J connectivity index is 2.44. The van der Waals surface area contributed by atoms with Gasteiger partial charge in [0.05, 0.1) is 19.3 Å². The van der Waals surface area contributed by atoms with Crippen LogP contribution in [0.2, 0.25) is 0 Å². The van der Waals surface area contributed by atoms with Crippen LogP contribution in [0.4, 0.5) is 0 Å². The average Bonchev–Trinajstić information content (AvgIpc) is 2.25. The molecule has 0 aromatic carbocycles. The van der Waals surface area contributed by atoms with Crippen LogP contribution in [0.15, 0.2) is 0 Å². The summed E-state index contributed by atoms with van der Waals surface area (Å²) in [6.07, 6.45) is 3.98. The summed E-state index contributed by atoms with van der Waals surface area (Å²) in [6.45, 7) is 2.22. The number of hydrogen-bond donors (Lipinski definition) is 2. The minimum absolute atomic E-state index is 0.146. The first kappa shape index (κ1) is 12.9. The molecule has 90 valence electrons. The van der Waals surface area contributed by atoms with E-state index in [9.17, 15) is 5.11 Å². The van der Waals surface area contributed by atoms with Gasteiger partial charge >= 0.3 is 0 Å². The van der Waals surface area contributed by atoms with Crippen LogP contribution in [0.3, 0.4) is 0 Å². The molecular formula is C11H23NO3. The summed E-state index contributed by atoms with van der Waals surface area (Å²) in [6, 6.07) is 0.209. The van der Waals surface area contributed by atoms with Crippen molar-refractivity contribution >= 4 is 0 Å². The summed E-state index contributed by atoms with van der Waals surface area (Å²) >= 11 is 0. The average molecular weight is 217 g/mol. The molecule has 0 saturated heterocycles. The van der Waals surface area contributed by atoms with Gasteiger partial charge in [-0.15, -0.1) is 0 Å². The zero-order valence-electron chi connectivity index (χ0n) is 9.56. The summed E-state index contributed by atoms with van der Waals surface area (Å²) in [5.74, 6) is 0. The van der Waals surface area contributed by atoms with Crippen molar-refractivity contribution in [3.05, 3.63) is 0 Å². The van der Waals surface area contributed by atoms with Gasteiger partial charge in [0.2, 0.25) is 0 Å². The van der Waals surface area contributed by atoms with Gasteiger partial charge in [-0.3, -0.25) is 4.90 Å². The number of methoxy groups -OCH3 is 1. The number of nitrogens with zero attached hydrogens (tertiary/aromatic N) is 1. The van der Waals surface area contributed by atoms with E-state index in [-0.39, 0.29) is 18.8 Å². The second kappa shape index (κ2) is 7.17. The largest absolute Gasteiger partial charge is 0.395 e. The first-order chi connectivity index (χ1) is 7.29. The molecule has 0 radical (unpaired) electrons. The summed E-state index contributed by atoms with van der Waals surface area (Å²) in [5, 5.41) is 18.9. The van der Waals surface area contributed by atoms with Crippen LogP contribution in [0.25, 0.3) is 0 Å². The molecule has 0 aliphatic heterocycles. The number of hydrogen-bond acceptors (Lipinski definition) is 4. The highest BCUT2D eigenvalue weighted by Crippen LogP contribution is 2.22. The van der Waals surface area contributed by atoms with Crippen molar-refractivity contribution < 1.29 is 14.9 Å². The Kier molecular flexibility index (Phi) is 6.17. The van der Waals surface area contributed by atoms with E-state index in [2.05, 4.69) is 4.90 Å². The molecular weight excluding hydrogens is 194 g/mol. The quantitative estimate of drug-likeness (QED) is 0.669. The van der Waals surface area contributed by atoms with Crippen LogP contribution in [0.5, 0.6) is 0 Å². The molecule has 1 saturated carbocycles. The second-order valence-corrected chi connectivity index (χ2v) is 4.17. The van der Waals surface area contributed by atoms with Crippen LogP contribution >= 0.6 is 0 Å². The predicted octanol–water partition coefficient (Wildman–Crippen LogP) is 0.231. The molecule has 0 amide bonds. The topological polar surface area (TPSA) is 52.9 Å². The molecule has 0 aromatic heterocycles. The zero-order chi connectivity index (χ0) is 11.1. The highest BCUT2D eigenvalue weighted by Gasteiger charge is 2.27. The predicted molar refractivity (Wildman–Crippen MR) is 58.8 cm³/mol. The Bertz CT molecular complexity index is 166. The lowest BCUT2D eigenvalue weighted by Gasteiger charge is -2.37. The summed E-state index contributed by atoms with van der Waals surface area (Å²) < 4.78 is 5.04. The highest BCUT2D eigenvalue weighted by atomic mass is 16.5. The molecule has 1 aliphatic carbocycles. The van der Waals surface area contributed by atoms with Gasteiger partial charge in [0.25, 0.3) is 0 Å². The summed E-state index contributed by atoms with van der Waals surface area (Å²) in [5.41, 5.74) is 0. The maximum Gasteiger partial charge on any atom is 0.0695 e. The van der Waals surface area contributed by atoms with Crippen molar-refractivity contribution in [2.24, 2.45) is 0 Å². The lowest BCUT2D eigenvalue weighted by molar-refractivity contribution is 0.00234. The summed E-state index contributed by atoms with van der Waals surface area (Å²) in [4.78, 5) is 2.15. The molecule has 1 aliphatic rings. The fourth-order valence-electron chi connectivity index (χ4n) is 2.30. The van der Waals surface area contributed by atoms with E-state index in [0.717, 1.165) is 25.8 Å². The molecule has 4 heteroatoms. The Hall–Kier alpha value is -0.160. The Morgan fingerprint density at radius 2 is 2.00 bits per heavy atom. The highest BCUT2D eigenvalue weighted by molar-refractivity contribution is 4.82. The van der Waals surface area contributed by atoms with E-state index >= 15 is 0 Å². The SMILES string of the molecule is COCCN(CCO)C1CCCCC1O. The first-order valence-electron chi connectivity index (χ1n) is 5.81. The Labute approximate surface area is 91.8 Å². The third kappa shape index (κ3) is 4.07. The lowest BCUT2D eigenvalue weighted by atomic mass is 9.91. The van der Waals surface area contributed by atoms with Gasteiger partial charge in [-0.05, 0) is 12.8 Å². The van der Waals surface area contributed by atoms with Crippen LogP contribution < -0.4 is 0 Å². The molecule has 0 aromatic rings. The van der Waals surface area contributed by atoms with Gasteiger partial charge in [-0.2, -0.15) is 0 Å². The third-order valence-electron chi connectivity index (χ3n) is 3.13. The van der Waals surface area contributed by atoms with Crippen LogP contribution in [0, 0.1) is 0 Å². The van der Waals surface area contributed by atoms with E-state index in [1.165, 1.54) is 6.42 Å². The van der Waals surface area contributed by atoms with Crippen molar-refractivity contribution in [3.63, 3.8) is 0 Å². The van der Waals surface area contributed by atoms with Crippen molar-refractivity contribution in [2.75, 3.05) is 33.4 Å². The van der Waals surface area contributed by atoms with Crippen molar-refractivity contribution in [3.8, 4) is 0 Å². The first-order valence-corrected chi connectivity index (χ1v) is 5.81. The molecule has 0 spiro atoms. The normalized spacial score (nSPS) is 27.2. The molecule has 4 nitrogen and oxygen atoms in total. The standard InChI is InChI=1S/C11H23NO3/c1-15-9-7-12(6-8-13)10-4-2-3-5-11(10)14/h10-11,13-14H,2-9H2,1H3. The van der Waals surface area contributed by atoms with Gasteiger partial charge in [0.15, 0.2) is 0 Å². The minimum atomic E-state index is -0.234. The number of ether oxygens (including phenoxy) is 1. The van der Waals surface area contributed by atoms with Crippen molar-refractivity contribution in [2.45, 2.75) is 37.8 Å². The smallest absolute Gasteiger partial charge is 0.0695 e. The van der Waals surface area contributed by atoms with E-state index in [4.69, 9.17) is 9.84 Å². The maximum absolute atomic E-state index is 9.90. The molecule has 2 unspecified atom stereocenters. The van der Waals surface area contributed by atoms with Gasteiger partial charge in [0, 0.05) is 26.2 Å². The number of aliphatic hydroxyl groups excluding tert-OH is 2. The molecule has 0 heterocycles. The summed E-state index contributed by atoms with van der Waals surface area (Å²) in [7, 11) is 1.68. The number of aliphatic hydroxyl groups is 2. The van der Waals surface area contributed by atoms with Crippen molar-refractivity contribution in [1.29, 1.82) is 0 Å². The van der Waals surface area contributed by atoms with Gasteiger partial charge in [-0.25, -0.2) is 0 Å². The van der Waals surface area contributed by atoms with E-state index in [0.29, 0.717) is 13.2 Å². The van der Waals surface area contributed by atoms with Crippen LogP contribution in [0.1, 0.15) is 25.7 Å². The molecule has 0 bridgehead atoms. The molecule has 1 fully saturated rings. The maximum atomic E-state index is 9.90. The second-order valence-electron chi connectivity index (χ2n) is 4.17. The van der Waals surface area contributed by atoms with E-state index < -0.39 is 0 Å². The zero-order valence-corrected chi connectivity index (χ0v) is 9.56. The number of rotatable bonds is 6. The Morgan fingerprint density at radius 1 is 1.27 bits per heavy atom. The lowest BCUT2D eigenvalue weighted by Crippen LogP contribution is -2.47. The van der Waals surface area contributed by atoms with E-state index in [1.54, 1.807) is 7.11 Å². The third-order valence-corrected chi connectivity index (χ3v) is 3.13. The van der Waals surface area contributed by atoms with Crippen LogP contribution in [-0.4, -0.2) is 60.7 Å². The van der Waals surface area contributed by atoms with Gasteiger partial charge in [0.1, 0.15) is 0 Å². The molecule has 2 atom stereocenters. The molecule has 15 heavy (non-hydrogen) atoms. The van der Waals surface area contributed by atoms with E-state index in [1.807, 2.05) is 0 Å². The fourth-order valence-corrected chi connectivity index (χ4v) is 2.30. The molecule has 1 rings (SSSR count). The van der Waals surface area contributed by atoms with Crippen LogP contribution in [-0.2, 0) is 4.74 Å². The Morgan fingerprint density at radius 3 is 2.60 bits per heavy atom. The van der Waals surface area contributed by atoms with Gasteiger partial charge in [-0.1, -0.05) is 12.8 Å². The molecule has 2 N–H and O–H groups in total.